The second kappa shape index (κ2) is 6.68. The lowest BCUT2D eigenvalue weighted by Gasteiger charge is -2.38. The molecular weight excluding hydrogens is 455 g/mol. The number of rotatable bonds is 2. The molecule has 166 valence electrons. The van der Waals surface area contributed by atoms with Crippen LogP contribution in [0, 0.1) is 5.41 Å². The summed E-state index contributed by atoms with van der Waals surface area (Å²) in [5, 5.41) is 2.79. The maximum Gasteiger partial charge on any atom is 0.324 e. The molecule has 2 aliphatic rings. The van der Waals surface area contributed by atoms with E-state index in [2.05, 4.69) is 20.8 Å². The monoisotopic (exact) mass is 476 g/mol. The zero-order chi connectivity index (χ0) is 23.2. The molecule has 1 heterocycles. The Morgan fingerprint density at radius 1 is 0.879 bits per heavy atom. The minimum Gasteiger partial charge on any atom is -0.425 e. The molecule has 4 nitrogen and oxygen atoms in total. The van der Waals surface area contributed by atoms with Gasteiger partial charge < -0.3 is 4.74 Å². The molecule has 1 fully saturated rings. The summed E-state index contributed by atoms with van der Waals surface area (Å²) in [4.78, 5) is 24.0. The van der Waals surface area contributed by atoms with Crippen molar-refractivity contribution >= 4 is 51.0 Å². The molecular formula is C27H22Cl2N2O2. The first-order valence-electron chi connectivity index (χ1n) is 11.1. The SMILES string of the molecule is CC12CCC(C(=O)Oc3cccc4ccccc34)(c3nc4cc(Cl)c(Cl)cc4nc31)C2(C)C. The van der Waals surface area contributed by atoms with Crippen molar-refractivity contribution in [1.29, 1.82) is 0 Å². The number of fused-ring (bicyclic) bond motifs is 7. The van der Waals surface area contributed by atoms with Crippen molar-refractivity contribution in [2.24, 2.45) is 5.41 Å². The lowest BCUT2D eigenvalue weighted by atomic mass is 9.64. The molecule has 2 bridgehead atoms. The fraction of sp³-hybridized carbons (Fsp3) is 0.296. The summed E-state index contributed by atoms with van der Waals surface area (Å²) in [6.45, 7) is 6.46. The van der Waals surface area contributed by atoms with E-state index in [0.717, 1.165) is 22.9 Å². The van der Waals surface area contributed by atoms with Gasteiger partial charge in [-0.1, -0.05) is 80.4 Å². The topological polar surface area (TPSA) is 52.1 Å². The van der Waals surface area contributed by atoms with Gasteiger partial charge in [-0.25, -0.2) is 9.97 Å². The number of halogens is 2. The van der Waals surface area contributed by atoms with Crippen LogP contribution in [0.4, 0.5) is 0 Å². The summed E-state index contributed by atoms with van der Waals surface area (Å²) in [7, 11) is 0. The maximum absolute atomic E-state index is 14.1. The highest BCUT2D eigenvalue weighted by Crippen LogP contribution is 2.70. The van der Waals surface area contributed by atoms with Gasteiger partial charge in [0.15, 0.2) is 0 Å². The second-order valence-corrected chi connectivity index (χ2v) is 10.7. The van der Waals surface area contributed by atoms with E-state index in [9.17, 15) is 4.79 Å². The van der Waals surface area contributed by atoms with Crippen molar-refractivity contribution in [3.63, 3.8) is 0 Å². The fourth-order valence-corrected chi connectivity index (χ4v) is 6.34. The van der Waals surface area contributed by atoms with Crippen LogP contribution in [0.2, 0.25) is 10.0 Å². The van der Waals surface area contributed by atoms with E-state index < -0.39 is 10.8 Å². The number of benzene rings is 3. The minimum absolute atomic E-state index is 0.278. The van der Waals surface area contributed by atoms with Gasteiger partial charge in [-0.05, 0) is 41.8 Å². The van der Waals surface area contributed by atoms with Crippen LogP contribution in [0.5, 0.6) is 5.75 Å². The van der Waals surface area contributed by atoms with Gasteiger partial charge in [0.05, 0.1) is 32.5 Å². The molecule has 0 spiro atoms. The summed E-state index contributed by atoms with van der Waals surface area (Å²) in [5.41, 5.74) is 1.23. The van der Waals surface area contributed by atoms with Crippen LogP contribution in [0.15, 0.2) is 54.6 Å². The molecule has 0 saturated heterocycles. The van der Waals surface area contributed by atoms with Crippen LogP contribution in [0.1, 0.15) is 45.0 Å². The summed E-state index contributed by atoms with van der Waals surface area (Å²) < 4.78 is 6.17. The number of esters is 1. The summed E-state index contributed by atoms with van der Waals surface area (Å²) >= 11 is 12.5. The van der Waals surface area contributed by atoms with E-state index in [4.69, 9.17) is 37.9 Å². The standard InChI is InChI=1S/C27H22Cl2N2O2/c1-25(2)26(3)11-12-27(25,23-22(26)30-19-13-17(28)18(29)14-20(19)31-23)24(32)33-21-10-6-8-15-7-4-5-9-16(15)21/h4-10,13-14H,11-12H2,1-3H3. The number of ether oxygens (including phenoxy) is 1. The molecule has 4 aromatic rings. The Morgan fingerprint density at radius 3 is 2.24 bits per heavy atom. The highest BCUT2D eigenvalue weighted by atomic mass is 35.5. The van der Waals surface area contributed by atoms with Crippen LogP contribution in [-0.2, 0) is 15.6 Å². The van der Waals surface area contributed by atoms with Crippen LogP contribution < -0.4 is 4.74 Å². The van der Waals surface area contributed by atoms with E-state index in [1.54, 1.807) is 12.1 Å². The number of hydrogen-bond donors (Lipinski definition) is 0. The summed E-state index contributed by atoms with van der Waals surface area (Å²) in [6.07, 6.45) is 1.49. The van der Waals surface area contributed by atoms with Gasteiger partial charge in [0.1, 0.15) is 11.2 Å². The van der Waals surface area contributed by atoms with Crippen molar-refractivity contribution in [2.75, 3.05) is 0 Å². The number of aromatic nitrogens is 2. The quantitative estimate of drug-likeness (QED) is 0.230. The molecule has 2 atom stereocenters. The van der Waals surface area contributed by atoms with Gasteiger partial charge in [0.2, 0.25) is 0 Å². The lowest BCUT2D eigenvalue weighted by Crippen LogP contribution is -2.48. The minimum atomic E-state index is -0.901. The number of carbonyl (C=O) groups is 1. The zero-order valence-corrected chi connectivity index (χ0v) is 20.1. The largest absolute Gasteiger partial charge is 0.425 e. The van der Waals surface area contributed by atoms with Gasteiger partial charge in [-0.15, -0.1) is 0 Å². The highest BCUT2D eigenvalue weighted by Gasteiger charge is 2.74. The Balaban J connectivity index is 1.55. The van der Waals surface area contributed by atoms with Crippen molar-refractivity contribution in [2.45, 2.75) is 44.4 Å². The fourth-order valence-electron chi connectivity index (χ4n) is 6.02. The highest BCUT2D eigenvalue weighted by molar-refractivity contribution is 6.42. The Morgan fingerprint density at radius 2 is 1.52 bits per heavy atom. The summed E-state index contributed by atoms with van der Waals surface area (Å²) in [6, 6.07) is 17.2. The summed E-state index contributed by atoms with van der Waals surface area (Å²) in [5.74, 6) is 0.286. The molecule has 0 amide bonds. The van der Waals surface area contributed by atoms with Gasteiger partial charge in [0, 0.05) is 10.8 Å². The molecule has 0 aliphatic heterocycles. The number of carbonyl (C=O) groups excluding carboxylic acids is 1. The van der Waals surface area contributed by atoms with E-state index in [0.29, 0.717) is 38.9 Å². The lowest BCUT2D eigenvalue weighted by molar-refractivity contribution is -0.145. The Kier molecular flexibility index (Phi) is 4.23. The van der Waals surface area contributed by atoms with Crippen LogP contribution in [-0.4, -0.2) is 15.9 Å². The molecule has 0 N–H and O–H groups in total. The first-order chi connectivity index (χ1) is 15.7. The van der Waals surface area contributed by atoms with Crippen LogP contribution in [0.25, 0.3) is 21.8 Å². The van der Waals surface area contributed by atoms with Crippen molar-refractivity contribution in [3.05, 3.63) is 76.0 Å². The van der Waals surface area contributed by atoms with Crippen molar-refractivity contribution < 1.29 is 9.53 Å². The molecule has 6 rings (SSSR count). The molecule has 2 unspecified atom stereocenters. The molecule has 1 saturated carbocycles. The first kappa shape index (κ1) is 20.9. The van der Waals surface area contributed by atoms with Crippen molar-refractivity contribution in [3.8, 4) is 5.75 Å². The molecule has 2 aliphatic carbocycles. The van der Waals surface area contributed by atoms with Gasteiger partial charge >= 0.3 is 5.97 Å². The van der Waals surface area contributed by atoms with E-state index >= 15 is 0 Å². The van der Waals surface area contributed by atoms with Crippen LogP contribution >= 0.6 is 23.2 Å². The smallest absolute Gasteiger partial charge is 0.324 e. The molecule has 6 heteroatoms. The van der Waals surface area contributed by atoms with E-state index in [1.807, 2.05) is 42.5 Å². The number of nitrogens with zero attached hydrogens (tertiary/aromatic N) is 2. The molecule has 1 aromatic heterocycles. The third-order valence-corrected chi connectivity index (χ3v) is 9.10. The van der Waals surface area contributed by atoms with Gasteiger partial charge in [-0.3, -0.25) is 4.79 Å². The van der Waals surface area contributed by atoms with Gasteiger partial charge in [0.25, 0.3) is 0 Å². The van der Waals surface area contributed by atoms with E-state index in [-0.39, 0.29) is 11.4 Å². The Bertz CT molecular complexity index is 1490. The van der Waals surface area contributed by atoms with Crippen molar-refractivity contribution in [1.82, 2.24) is 9.97 Å². The van der Waals surface area contributed by atoms with Gasteiger partial charge in [-0.2, -0.15) is 0 Å². The molecule has 0 radical (unpaired) electrons. The molecule has 3 aromatic carbocycles. The predicted octanol–water partition coefficient (Wildman–Crippen LogP) is 7.02. The van der Waals surface area contributed by atoms with Crippen LogP contribution in [0.3, 0.4) is 0 Å². The third-order valence-electron chi connectivity index (χ3n) is 8.38. The zero-order valence-electron chi connectivity index (χ0n) is 18.6. The molecule has 33 heavy (non-hydrogen) atoms. The van der Waals surface area contributed by atoms with E-state index in [1.165, 1.54) is 0 Å². The average molecular weight is 477 g/mol. The normalized spacial score (nSPS) is 24.9. The third kappa shape index (κ3) is 2.51. The first-order valence-corrected chi connectivity index (χ1v) is 11.8. The predicted molar refractivity (Wildman–Crippen MR) is 131 cm³/mol. The Labute approximate surface area is 201 Å². The Hall–Kier alpha value is -2.69. The maximum atomic E-state index is 14.1. The average Bonchev–Trinajstić information content (AvgIpc) is 3.08. The second-order valence-electron chi connectivity index (χ2n) is 9.91. The number of hydrogen-bond acceptors (Lipinski definition) is 4.